The standard InChI is InChI=1S/C27H31N3O4S/c1-19-24(26(32)34-17-16-33-2)25(30-15-6-18-35-27(30)28-19)21-10-12-22(13-11-21)29-23(31)14-9-20-7-4-3-5-8-20/h3-5,7-8,10-13,25H,6,9,14-18H2,1-2H3,(H,29,31)/t25-/m0/s1. The van der Waals surface area contributed by atoms with Gasteiger partial charge in [0.2, 0.25) is 5.91 Å². The predicted molar refractivity (Wildman–Crippen MR) is 139 cm³/mol. The van der Waals surface area contributed by atoms with Crippen molar-refractivity contribution in [2.24, 2.45) is 4.99 Å². The molecular weight excluding hydrogens is 462 g/mol. The third-order valence-electron chi connectivity index (χ3n) is 5.99. The van der Waals surface area contributed by atoms with Crippen LogP contribution in [0, 0.1) is 0 Å². The number of benzene rings is 2. The van der Waals surface area contributed by atoms with Gasteiger partial charge in [-0.2, -0.15) is 0 Å². The summed E-state index contributed by atoms with van der Waals surface area (Å²) in [5.74, 6) is 0.608. The Morgan fingerprint density at radius 3 is 2.63 bits per heavy atom. The molecule has 1 N–H and O–H groups in total. The largest absolute Gasteiger partial charge is 0.460 e. The fraction of sp³-hybridized carbons (Fsp3) is 0.370. The summed E-state index contributed by atoms with van der Waals surface area (Å²) in [4.78, 5) is 32.4. The van der Waals surface area contributed by atoms with Gasteiger partial charge in [-0.3, -0.25) is 4.79 Å². The van der Waals surface area contributed by atoms with E-state index in [1.54, 1.807) is 18.9 Å². The molecule has 0 aliphatic carbocycles. The van der Waals surface area contributed by atoms with Crippen LogP contribution in [0.1, 0.15) is 36.9 Å². The molecule has 2 aromatic carbocycles. The molecule has 35 heavy (non-hydrogen) atoms. The predicted octanol–water partition coefficient (Wildman–Crippen LogP) is 4.57. The Balaban J connectivity index is 1.49. The molecule has 7 nitrogen and oxygen atoms in total. The SMILES string of the molecule is COCCOC(=O)C1=C(C)N=C2SCCCN2[C@H]1c1ccc(NC(=O)CCc2ccccc2)cc1. The number of methoxy groups -OCH3 is 1. The van der Waals surface area contributed by atoms with Crippen molar-refractivity contribution in [2.45, 2.75) is 32.2 Å². The highest BCUT2D eigenvalue weighted by Crippen LogP contribution is 2.40. The molecule has 8 heteroatoms. The second kappa shape index (κ2) is 12.0. The average Bonchev–Trinajstić information content (AvgIpc) is 2.88. The highest BCUT2D eigenvalue weighted by atomic mass is 32.2. The summed E-state index contributed by atoms with van der Waals surface area (Å²) < 4.78 is 10.5. The lowest BCUT2D eigenvalue weighted by molar-refractivity contribution is -0.141. The maximum atomic E-state index is 13.0. The molecular formula is C27H31N3O4S. The number of rotatable bonds is 9. The van der Waals surface area contributed by atoms with E-state index >= 15 is 0 Å². The Labute approximate surface area is 210 Å². The highest BCUT2D eigenvalue weighted by molar-refractivity contribution is 8.13. The number of allylic oxidation sites excluding steroid dienone is 1. The molecule has 1 fully saturated rings. The first-order chi connectivity index (χ1) is 17.1. The lowest BCUT2D eigenvalue weighted by Gasteiger charge is -2.40. The van der Waals surface area contributed by atoms with Crippen molar-refractivity contribution in [3.8, 4) is 0 Å². The first-order valence-electron chi connectivity index (χ1n) is 11.9. The van der Waals surface area contributed by atoms with Crippen LogP contribution in [0.15, 0.2) is 70.9 Å². The number of amidine groups is 1. The van der Waals surface area contributed by atoms with E-state index in [2.05, 4.69) is 10.2 Å². The van der Waals surface area contributed by atoms with Crippen molar-refractivity contribution < 1.29 is 19.1 Å². The van der Waals surface area contributed by atoms with E-state index in [1.807, 2.05) is 61.5 Å². The second-order valence-corrected chi connectivity index (χ2v) is 9.54. The molecule has 184 valence electrons. The van der Waals surface area contributed by atoms with Crippen molar-refractivity contribution in [2.75, 3.05) is 37.9 Å². The quantitative estimate of drug-likeness (QED) is 0.407. The maximum Gasteiger partial charge on any atom is 0.338 e. The summed E-state index contributed by atoms with van der Waals surface area (Å²) in [5.41, 5.74) is 4.05. The molecule has 2 aliphatic rings. The summed E-state index contributed by atoms with van der Waals surface area (Å²) in [5, 5.41) is 3.91. The minimum absolute atomic E-state index is 0.0285. The molecule has 2 heterocycles. The number of nitrogens with zero attached hydrogens (tertiary/aromatic N) is 2. The Morgan fingerprint density at radius 1 is 1.11 bits per heavy atom. The van der Waals surface area contributed by atoms with Crippen LogP contribution in [0.25, 0.3) is 0 Å². The molecule has 0 bridgehead atoms. The topological polar surface area (TPSA) is 80.2 Å². The van der Waals surface area contributed by atoms with Crippen molar-refractivity contribution in [1.29, 1.82) is 0 Å². The van der Waals surface area contributed by atoms with Gasteiger partial charge in [0.1, 0.15) is 6.61 Å². The smallest absolute Gasteiger partial charge is 0.338 e. The number of nitrogens with one attached hydrogen (secondary N) is 1. The van der Waals surface area contributed by atoms with Crippen molar-refractivity contribution in [1.82, 2.24) is 4.90 Å². The number of carbonyl (C=O) groups excluding carboxylic acids is 2. The zero-order valence-electron chi connectivity index (χ0n) is 20.2. The Hall–Kier alpha value is -3.10. The number of thioether (sulfide) groups is 1. The summed E-state index contributed by atoms with van der Waals surface area (Å²) in [6, 6.07) is 17.4. The molecule has 1 amide bonds. The van der Waals surface area contributed by atoms with Crippen LogP contribution in [0.3, 0.4) is 0 Å². The fourth-order valence-electron chi connectivity index (χ4n) is 4.25. The normalized spacial score (nSPS) is 17.5. The molecule has 2 aromatic rings. The summed E-state index contributed by atoms with van der Waals surface area (Å²) in [6.07, 6.45) is 2.12. The van der Waals surface area contributed by atoms with Crippen LogP contribution in [-0.2, 0) is 25.5 Å². The van der Waals surface area contributed by atoms with E-state index in [4.69, 9.17) is 14.5 Å². The van der Waals surface area contributed by atoms with E-state index in [9.17, 15) is 9.59 Å². The lowest BCUT2D eigenvalue weighted by Crippen LogP contribution is -2.42. The van der Waals surface area contributed by atoms with Crippen molar-refractivity contribution in [3.63, 3.8) is 0 Å². The van der Waals surface area contributed by atoms with Crippen LogP contribution in [0.2, 0.25) is 0 Å². The minimum Gasteiger partial charge on any atom is -0.460 e. The number of amides is 1. The van der Waals surface area contributed by atoms with E-state index in [-0.39, 0.29) is 24.5 Å². The third-order valence-corrected chi connectivity index (χ3v) is 7.07. The van der Waals surface area contributed by atoms with E-state index in [0.717, 1.165) is 40.7 Å². The average molecular weight is 494 g/mol. The van der Waals surface area contributed by atoms with Crippen LogP contribution in [0.4, 0.5) is 5.69 Å². The van der Waals surface area contributed by atoms with Gasteiger partial charge in [0.05, 0.1) is 23.9 Å². The summed E-state index contributed by atoms with van der Waals surface area (Å²) >= 11 is 1.71. The maximum absolute atomic E-state index is 13.0. The second-order valence-electron chi connectivity index (χ2n) is 8.48. The first-order valence-corrected chi connectivity index (χ1v) is 12.8. The number of fused-ring (bicyclic) bond motifs is 1. The van der Waals surface area contributed by atoms with Gasteiger partial charge in [-0.05, 0) is 43.0 Å². The van der Waals surface area contributed by atoms with Crippen LogP contribution >= 0.6 is 11.8 Å². The lowest BCUT2D eigenvalue weighted by atomic mass is 9.94. The Kier molecular flexibility index (Phi) is 8.60. The zero-order chi connectivity index (χ0) is 24.6. The van der Waals surface area contributed by atoms with Gasteiger partial charge < -0.3 is 19.7 Å². The number of carbonyl (C=O) groups is 2. The molecule has 4 rings (SSSR count). The molecule has 0 unspecified atom stereocenters. The van der Waals surface area contributed by atoms with Gasteiger partial charge in [-0.1, -0.05) is 54.2 Å². The van der Waals surface area contributed by atoms with Crippen molar-refractivity contribution in [3.05, 3.63) is 77.0 Å². The van der Waals surface area contributed by atoms with Gasteiger partial charge in [0.25, 0.3) is 0 Å². The van der Waals surface area contributed by atoms with Gasteiger partial charge in [-0.15, -0.1) is 0 Å². The molecule has 0 radical (unpaired) electrons. The molecule has 1 saturated heterocycles. The third kappa shape index (κ3) is 6.32. The van der Waals surface area contributed by atoms with E-state index in [0.29, 0.717) is 30.7 Å². The molecule has 0 spiro atoms. The number of hydrogen-bond donors (Lipinski definition) is 1. The van der Waals surface area contributed by atoms with Gasteiger partial charge in [0.15, 0.2) is 5.17 Å². The molecule has 1 atom stereocenters. The number of esters is 1. The minimum atomic E-state index is -0.374. The number of ether oxygens (including phenoxy) is 2. The monoisotopic (exact) mass is 493 g/mol. The number of anilines is 1. The molecule has 0 aromatic heterocycles. The van der Waals surface area contributed by atoms with Crippen LogP contribution < -0.4 is 5.32 Å². The fourth-order valence-corrected chi connectivity index (χ4v) is 5.27. The number of aryl methyl sites for hydroxylation is 1. The summed E-state index contributed by atoms with van der Waals surface area (Å²) in [6.45, 7) is 3.21. The number of aliphatic imine (C=N–C) groups is 1. The van der Waals surface area contributed by atoms with Gasteiger partial charge in [-0.25, -0.2) is 9.79 Å². The van der Waals surface area contributed by atoms with Gasteiger partial charge >= 0.3 is 5.97 Å². The zero-order valence-corrected chi connectivity index (χ0v) is 21.0. The van der Waals surface area contributed by atoms with Crippen molar-refractivity contribution >= 4 is 34.5 Å². The first kappa shape index (κ1) is 25.0. The summed E-state index contributed by atoms with van der Waals surface area (Å²) in [7, 11) is 1.57. The van der Waals surface area contributed by atoms with Crippen LogP contribution in [-0.4, -0.2) is 54.6 Å². The molecule has 0 saturated carbocycles. The Bertz CT molecular complexity index is 1100. The van der Waals surface area contributed by atoms with Gasteiger partial charge in [0, 0.05) is 31.5 Å². The molecule has 2 aliphatic heterocycles. The Morgan fingerprint density at radius 2 is 1.89 bits per heavy atom. The van der Waals surface area contributed by atoms with Crippen LogP contribution in [0.5, 0.6) is 0 Å². The highest BCUT2D eigenvalue weighted by Gasteiger charge is 2.37. The number of hydrogen-bond acceptors (Lipinski definition) is 7. The van der Waals surface area contributed by atoms with E-state index in [1.165, 1.54) is 0 Å². The van der Waals surface area contributed by atoms with E-state index < -0.39 is 0 Å².